The van der Waals surface area contributed by atoms with Crippen LogP contribution < -0.4 is 5.32 Å². The Hall–Kier alpha value is -3.78. The van der Waals surface area contributed by atoms with Gasteiger partial charge in [-0.05, 0) is 30.0 Å². The average Bonchev–Trinajstić information content (AvgIpc) is 3.51. The Labute approximate surface area is 189 Å². The monoisotopic (exact) mass is 447 g/mol. The van der Waals surface area contributed by atoms with Gasteiger partial charge in [-0.15, -0.1) is 11.3 Å². The second-order valence-electron chi connectivity index (χ2n) is 7.02. The Bertz CT molecular complexity index is 1190. The molecule has 2 aromatic heterocycles. The van der Waals surface area contributed by atoms with E-state index in [1.54, 1.807) is 6.92 Å². The quantitative estimate of drug-likeness (QED) is 0.383. The normalized spacial score (nSPS) is 11.7. The van der Waals surface area contributed by atoms with Gasteiger partial charge in [0, 0.05) is 17.7 Å². The Morgan fingerprint density at radius 3 is 2.62 bits per heavy atom. The number of benzene rings is 2. The molecule has 1 amide bonds. The zero-order chi connectivity index (χ0) is 22.3. The topological polar surface area (TPSA) is 94.3 Å². The minimum absolute atomic E-state index is 0.0320. The van der Waals surface area contributed by atoms with Gasteiger partial charge in [0.25, 0.3) is 5.91 Å². The van der Waals surface area contributed by atoms with E-state index in [2.05, 4.69) is 15.5 Å². The number of aryl methyl sites for hydroxylation is 1. The molecule has 1 atom stereocenters. The van der Waals surface area contributed by atoms with Crippen LogP contribution >= 0.6 is 11.3 Å². The van der Waals surface area contributed by atoms with Gasteiger partial charge in [0.05, 0.1) is 11.3 Å². The molecule has 162 valence electrons. The highest BCUT2D eigenvalue weighted by Gasteiger charge is 2.20. The van der Waals surface area contributed by atoms with Crippen molar-refractivity contribution in [2.24, 2.45) is 0 Å². The van der Waals surface area contributed by atoms with E-state index in [-0.39, 0.29) is 12.8 Å². The van der Waals surface area contributed by atoms with Gasteiger partial charge < -0.3 is 14.6 Å². The number of ether oxygens (including phenoxy) is 1. The third-order valence-electron chi connectivity index (χ3n) is 4.70. The number of amides is 1. The van der Waals surface area contributed by atoms with E-state index in [1.165, 1.54) is 11.3 Å². The number of aromatic nitrogens is 2. The summed E-state index contributed by atoms with van der Waals surface area (Å²) in [7, 11) is 0. The van der Waals surface area contributed by atoms with Gasteiger partial charge in [-0.3, -0.25) is 9.59 Å². The molecule has 4 rings (SSSR count). The van der Waals surface area contributed by atoms with Gasteiger partial charge in [0.2, 0.25) is 11.7 Å². The van der Waals surface area contributed by atoms with Crippen molar-refractivity contribution in [3.05, 3.63) is 78.0 Å². The summed E-state index contributed by atoms with van der Waals surface area (Å²) in [6.45, 7) is 1.54. The maximum absolute atomic E-state index is 12.6. The van der Waals surface area contributed by atoms with Gasteiger partial charge in [-0.2, -0.15) is 4.98 Å². The molecule has 32 heavy (non-hydrogen) atoms. The minimum atomic E-state index is -0.948. The van der Waals surface area contributed by atoms with Crippen molar-refractivity contribution in [3.8, 4) is 21.8 Å². The van der Waals surface area contributed by atoms with Gasteiger partial charge in [-0.1, -0.05) is 59.8 Å². The molecule has 7 nitrogen and oxygen atoms in total. The molecule has 0 radical (unpaired) electrons. The molecule has 0 unspecified atom stereocenters. The highest BCUT2D eigenvalue weighted by molar-refractivity contribution is 7.13. The maximum Gasteiger partial charge on any atom is 0.307 e. The Balaban J connectivity index is 1.31. The van der Waals surface area contributed by atoms with Gasteiger partial charge >= 0.3 is 5.97 Å². The molecule has 0 spiro atoms. The summed E-state index contributed by atoms with van der Waals surface area (Å²) < 4.78 is 10.5. The van der Waals surface area contributed by atoms with Crippen LogP contribution in [0.2, 0.25) is 0 Å². The average molecular weight is 448 g/mol. The van der Waals surface area contributed by atoms with Crippen LogP contribution in [0.5, 0.6) is 0 Å². The Kier molecular flexibility index (Phi) is 6.72. The molecule has 1 N–H and O–H groups in total. The van der Waals surface area contributed by atoms with Crippen molar-refractivity contribution in [1.29, 1.82) is 0 Å². The number of hydrogen-bond donors (Lipinski definition) is 1. The molecule has 0 bridgehead atoms. The fraction of sp³-hybridized carbons (Fsp3) is 0.167. The van der Waals surface area contributed by atoms with E-state index in [9.17, 15) is 9.59 Å². The van der Waals surface area contributed by atoms with E-state index in [1.807, 2.05) is 72.1 Å². The third-order valence-corrected chi connectivity index (χ3v) is 5.57. The second-order valence-corrected chi connectivity index (χ2v) is 7.97. The van der Waals surface area contributed by atoms with E-state index in [4.69, 9.17) is 9.26 Å². The lowest BCUT2D eigenvalue weighted by molar-refractivity contribution is -0.153. The third kappa shape index (κ3) is 5.28. The van der Waals surface area contributed by atoms with Crippen LogP contribution in [0.3, 0.4) is 0 Å². The van der Waals surface area contributed by atoms with E-state index in [0.29, 0.717) is 17.4 Å². The van der Waals surface area contributed by atoms with Crippen molar-refractivity contribution in [3.63, 3.8) is 0 Å². The summed E-state index contributed by atoms with van der Waals surface area (Å²) in [5.74, 6) is -0.0770. The largest absolute Gasteiger partial charge is 0.453 e. The van der Waals surface area contributed by atoms with E-state index >= 15 is 0 Å². The first-order valence-electron chi connectivity index (χ1n) is 10.1. The first kappa shape index (κ1) is 21.5. The molecule has 4 aromatic rings. The van der Waals surface area contributed by atoms with Crippen LogP contribution in [0, 0.1) is 0 Å². The summed E-state index contributed by atoms with van der Waals surface area (Å²) in [6.07, 6.45) is -0.678. The molecule has 0 fully saturated rings. The fourth-order valence-corrected chi connectivity index (χ4v) is 3.73. The molecule has 0 aliphatic carbocycles. The van der Waals surface area contributed by atoms with Gasteiger partial charge in [0.15, 0.2) is 6.10 Å². The molecule has 2 aromatic carbocycles. The zero-order valence-corrected chi connectivity index (χ0v) is 18.2. The lowest BCUT2D eigenvalue weighted by Gasteiger charge is -2.15. The molecule has 0 saturated carbocycles. The predicted octanol–water partition coefficient (Wildman–Crippen LogP) is 4.97. The summed E-state index contributed by atoms with van der Waals surface area (Å²) in [4.78, 5) is 30.0. The Morgan fingerprint density at radius 1 is 1.06 bits per heavy atom. The number of thiophene rings is 1. The van der Waals surface area contributed by atoms with Crippen molar-refractivity contribution < 1.29 is 18.8 Å². The van der Waals surface area contributed by atoms with Crippen LogP contribution in [-0.4, -0.2) is 28.1 Å². The maximum atomic E-state index is 12.6. The smallest absolute Gasteiger partial charge is 0.307 e. The number of nitrogens with zero attached hydrogens (tertiary/aromatic N) is 2. The fourth-order valence-electron chi connectivity index (χ4n) is 3.08. The summed E-state index contributed by atoms with van der Waals surface area (Å²) in [6, 6.07) is 21.0. The molecule has 0 saturated heterocycles. The lowest BCUT2D eigenvalue weighted by Crippen LogP contribution is -2.30. The van der Waals surface area contributed by atoms with Crippen LogP contribution in [0.25, 0.3) is 21.8 Å². The second kappa shape index (κ2) is 10.0. The van der Waals surface area contributed by atoms with Crippen LogP contribution in [0.1, 0.15) is 19.2 Å². The zero-order valence-electron chi connectivity index (χ0n) is 17.4. The number of nitrogens with one attached hydrogen (secondary N) is 1. The van der Waals surface area contributed by atoms with E-state index in [0.717, 1.165) is 16.0 Å². The van der Waals surface area contributed by atoms with Crippen molar-refractivity contribution in [2.75, 3.05) is 5.32 Å². The number of anilines is 1. The van der Waals surface area contributed by atoms with E-state index < -0.39 is 18.0 Å². The summed E-state index contributed by atoms with van der Waals surface area (Å²) in [5.41, 5.74) is 2.52. The minimum Gasteiger partial charge on any atom is -0.453 e. The number of hydrogen-bond acceptors (Lipinski definition) is 7. The molecule has 0 aliphatic rings. The molecule has 0 aliphatic heterocycles. The number of rotatable bonds is 8. The Morgan fingerprint density at radius 2 is 1.84 bits per heavy atom. The summed E-state index contributed by atoms with van der Waals surface area (Å²) >= 11 is 1.50. The van der Waals surface area contributed by atoms with Crippen molar-refractivity contribution >= 4 is 28.9 Å². The first-order chi connectivity index (χ1) is 15.6. The van der Waals surface area contributed by atoms with Crippen molar-refractivity contribution in [1.82, 2.24) is 10.1 Å². The number of para-hydroxylation sites is 1. The summed E-state index contributed by atoms with van der Waals surface area (Å²) in [5, 5.41) is 8.69. The lowest BCUT2D eigenvalue weighted by atomic mass is 10.0. The molecule has 2 heterocycles. The highest BCUT2D eigenvalue weighted by atomic mass is 32.1. The van der Waals surface area contributed by atoms with Crippen LogP contribution in [0.15, 0.2) is 76.6 Å². The number of carbonyl (C=O) groups excluding carboxylic acids is 2. The van der Waals surface area contributed by atoms with Crippen LogP contribution in [-0.2, 0) is 20.7 Å². The molecular weight excluding hydrogens is 426 g/mol. The number of carbonyl (C=O) groups is 2. The number of esters is 1. The molecular formula is C24H21N3O4S. The van der Waals surface area contributed by atoms with Crippen molar-refractivity contribution in [2.45, 2.75) is 25.9 Å². The van der Waals surface area contributed by atoms with Gasteiger partial charge in [-0.25, -0.2) is 0 Å². The standard InChI is InChI=1S/C24H21N3O4S/c1-16(24(29)25-19-11-6-5-10-18(19)17-8-3-2-4-9-17)30-22(28)14-13-21-26-23(27-31-21)20-12-7-15-32-20/h2-12,15-16H,13-14H2,1H3,(H,25,29)/t16-/m1/s1. The van der Waals surface area contributed by atoms with Gasteiger partial charge in [0.1, 0.15) is 0 Å². The first-order valence-corrected chi connectivity index (χ1v) is 11.0. The SMILES string of the molecule is C[C@@H](OC(=O)CCc1nc(-c2cccs2)no1)C(=O)Nc1ccccc1-c1ccccc1. The predicted molar refractivity (Wildman–Crippen MR) is 122 cm³/mol. The molecule has 8 heteroatoms. The van der Waals surface area contributed by atoms with Crippen LogP contribution in [0.4, 0.5) is 5.69 Å². The highest BCUT2D eigenvalue weighted by Crippen LogP contribution is 2.27.